The van der Waals surface area contributed by atoms with Crippen LogP contribution in [0.25, 0.3) is 0 Å². The Balaban J connectivity index is 1.22. The largest absolute Gasteiger partial charge is 0.482 e. The Morgan fingerprint density at radius 3 is 2.77 bits per heavy atom. The molecule has 0 atom stereocenters. The first-order chi connectivity index (χ1) is 14.7. The zero-order chi connectivity index (χ0) is 20.8. The number of amides is 1. The summed E-state index contributed by atoms with van der Waals surface area (Å²) in [5.41, 5.74) is 0.861. The van der Waals surface area contributed by atoms with Crippen LogP contribution in [0.15, 0.2) is 46.8 Å². The van der Waals surface area contributed by atoms with Gasteiger partial charge in [-0.05, 0) is 30.0 Å². The fourth-order valence-corrected chi connectivity index (χ4v) is 4.66. The molecule has 2 aliphatic rings. The van der Waals surface area contributed by atoms with Crippen LogP contribution in [0.5, 0.6) is 5.75 Å². The number of carbonyl (C=O) groups is 1. The fraction of sp³-hybridized carbons (Fsp3) is 0.455. The molecule has 2 aliphatic heterocycles. The molecule has 1 fully saturated rings. The van der Waals surface area contributed by atoms with Crippen LogP contribution in [0.2, 0.25) is 0 Å². The number of nitrogens with one attached hydrogen (secondary N) is 1. The molecule has 0 radical (unpaired) electrons. The lowest BCUT2D eigenvalue weighted by atomic mass is 10.2. The van der Waals surface area contributed by atoms with Gasteiger partial charge in [0.15, 0.2) is 12.6 Å². The van der Waals surface area contributed by atoms with Gasteiger partial charge in [-0.3, -0.25) is 14.7 Å². The average molecular weight is 428 g/mol. The van der Waals surface area contributed by atoms with Gasteiger partial charge in [0.2, 0.25) is 0 Å². The quantitative estimate of drug-likeness (QED) is 0.435. The van der Waals surface area contributed by atoms with Crippen LogP contribution < -0.4 is 15.0 Å². The topological polar surface area (TPSA) is 60.4 Å². The summed E-state index contributed by atoms with van der Waals surface area (Å²) in [6, 6.07) is 12.0. The second kappa shape index (κ2) is 9.95. The maximum atomic E-state index is 12.3. The SMILES string of the molecule is CN=C(NCCCN1C(=O)COc2ccccc21)N1CCN(Cc2cccs2)CC1. The smallest absolute Gasteiger partial charge is 0.265 e. The number of para-hydroxylation sites is 2. The number of thiophene rings is 1. The van der Waals surface area contributed by atoms with Crippen LogP contribution in [0, 0.1) is 0 Å². The molecule has 1 amide bonds. The molecule has 8 heteroatoms. The van der Waals surface area contributed by atoms with Gasteiger partial charge in [0, 0.05) is 57.7 Å². The predicted octanol–water partition coefficient (Wildman–Crippen LogP) is 2.26. The lowest BCUT2D eigenvalue weighted by Gasteiger charge is -2.36. The highest BCUT2D eigenvalue weighted by Gasteiger charge is 2.25. The Kier molecular flexibility index (Phi) is 6.86. The van der Waals surface area contributed by atoms with Crippen LogP contribution >= 0.6 is 11.3 Å². The van der Waals surface area contributed by atoms with Crippen molar-refractivity contribution in [1.82, 2.24) is 15.1 Å². The number of benzene rings is 1. The molecule has 7 nitrogen and oxygen atoms in total. The van der Waals surface area contributed by atoms with E-state index < -0.39 is 0 Å². The minimum Gasteiger partial charge on any atom is -0.482 e. The Hall–Kier alpha value is -2.58. The van der Waals surface area contributed by atoms with E-state index >= 15 is 0 Å². The third-order valence-corrected chi connectivity index (χ3v) is 6.35. The number of piperazine rings is 1. The summed E-state index contributed by atoms with van der Waals surface area (Å²) in [7, 11) is 1.84. The van der Waals surface area contributed by atoms with Crippen LogP contribution in [0.1, 0.15) is 11.3 Å². The normalized spacial score (nSPS) is 17.6. The summed E-state index contributed by atoms with van der Waals surface area (Å²) < 4.78 is 5.51. The third kappa shape index (κ3) is 4.94. The summed E-state index contributed by atoms with van der Waals surface area (Å²) in [5, 5.41) is 5.61. The van der Waals surface area contributed by atoms with E-state index in [0.29, 0.717) is 6.54 Å². The zero-order valence-corrected chi connectivity index (χ0v) is 18.2. The zero-order valence-electron chi connectivity index (χ0n) is 17.4. The average Bonchev–Trinajstić information content (AvgIpc) is 3.29. The van der Waals surface area contributed by atoms with Gasteiger partial charge in [-0.15, -0.1) is 11.3 Å². The Morgan fingerprint density at radius 1 is 1.17 bits per heavy atom. The van der Waals surface area contributed by atoms with Gasteiger partial charge in [-0.1, -0.05) is 18.2 Å². The summed E-state index contributed by atoms with van der Waals surface area (Å²) in [6.07, 6.45) is 0.845. The summed E-state index contributed by atoms with van der Waals surface area (Å²) >= 11 is 1.82. The van der Waals surface area contributed by atoms with Crippen LogP contribution in [-0.4, -0.2) is 74.6 Å². The van der Waals surface area contributed by atoms with Gasteiger partial charge in [0.25, 0.3) is 5.91 Å². The molecule has 2 aromatic rings. The van der Waals surface area contributed by atoms with E-state index in [1.807, 2.05) is 47.5 Å². The Bertz CT molecular complexity index is 862. The van der Waals surface area contributed by atoms with E-state index in [4.69, 9.17) is 4.74 Å². The van der Waals surface area contributed by atoms with Crippen LogP contribution in [0.4, 0.5) is 5.69 Å². The molecule has 30 heavy (non-hydrogen) atoms. The van der Waals surface area contributed by atoms with Crippen LogP contribution in [-0.2, 0) is 11.3 Å². The highest BCUT2D eigenvalue weighted by Crippen LogP contribution is 2.31. The van der Waals surface area contributed by atoms with Gasteiger partial charge < -0.3 is 19.9 Å². The van der Waals surface area contributed by atoms with Crippen molar-refractivity contribution in [1.29, 1.82) is 0 Å². The number of rotatable bonds is 6. The van der Waals surface area contributed by atoms with Crippen molar-refractivity contribution in [2.45, 2.75) is 13.0 Å². The number of aliphatic imine (C=N–C) groups is 1. The second-order valence-corrected chi connectivity index (χ2v) is 8.50. The number of anilines is 1. The van der Waals surface area contributed by atoms with Crippen molar-refractivity contribution in [3.63, 3.8) is 0 Å². The molecule has 3 heterocycles. The van der Waals surface area contributed by atoms with Crippen molar-refractivity contribution in [2.24, 2.45) is 4.99 Å². The van der Waals surface area contributed by atoms with E-state index in [1.54, 1.807) is 0 Å². The van der Waals surface area contributed by atoms with Crippen molar-refractivity contribution >= 4 is 28.9 Å². The molecule has 0 spiro atoms. The molecule has 0 aliphatic carbocycles. The molecule has 160 valence electrons. The highest BCUT2D eigenvalue weighted by molar-refractivity contribution is 7.09. The first-order valence-electron chi connectivity index (χ1n) is 10.5. The second-order valence-electron chi connectivity index (χ2n) is 7.47. The van der Waals surface area contributed by atoms with Gasteiger partial charge in [0.1, 0.15) is 5.75 Å². The van der Waals surface area contributed by atoms with E-state index in [9.17, 15) is 4.79 Å². The molecule has 0 saturated carbocycles. The minimum absolute atomic E-state index is 0.0138. The molecule has 1 saturated heterocycles. The van der Waals surface area contributed by atoms with Crippen molar-refractivity contribution < 1.29 is 9.53 Å². The van der Waals surface area contributed by atoms with Crippen molar-refractivity contribution in [2.75, 3.05) is 57.8 Å². The first-order valence-corrected chi connectivity index (χ1v) is 11.3. The maximum Gasteiger partial charge on any atom is 0.265 e. The Morgan fingerprint density at radius 2 is 2.00 bits per heavy atom. The number of fused-ring (bicyclic) bond motifs is 1. The fourth-order valence-electron chi connectivity index (χ4n) is 3.91. The monoisotopic (exact) mass is 427 g/mol. The lowest BCUT2D eigenvalue weighted by Crippen LogP contribution is -2.52. The number of ether oxygens (including phenoxy) is 1. The number of hydrogen-bond donors (Lipinski definition) is 1. The molecule has 1 aromatic heterocycles. The van der Waals surface area contributed by atoms with Crippen LogP contribution in [0.3, 0.4) is 0 Å². The molecule has 1 aromatic carbocycles. The van der Waals surface area contributed by atoms with E-state index in [1.165, 1.54) is 4.88 Å². The molecule has 1 N–H and O–H groups in total. The van der Waals surface area contributed by atoms with E-state index in [-0.39, 0.29) is 12.5 Å². The van der Waals surface area contributed by atoms with Gasteiger partial charge in [-0.25, -0.2) is 0 Å². The van der Waals surface area contributed by atoms with Crippen molar-refractivity contribution in [3.8, 4) is 5.75 Å². The number of carbonyl (C=O) groups excluding carboxylic acids is 1. The van der Waals surface area contributed by atoms with E-state index in [2.05, 4.69) is 37.6 Å². The number of guanidine groups is 1. The first kappa shape index (κ1) is 20.7. The Labute approximate surface area is 181 Å². The molecule has 0 unspecified atom stereocenters. The van der Waals surface area contributed by atoms with Crippen molar-refractivity contribution in [3.05, 3.63) is 46.7 Å². The van der Waals surface area contributed by atoms with E-state index in [0.717, 1.165) is 63.1 Å². The van der Waals surface area contributed by atoms with Gasteiger partial charge in [0.05, 0.1) is 5.69 Å². The lowest BCUT2D eigenvalue weighted by molar-refractivity contribution is -0.121. The molecule has 0 bridgehead atoms. The molecule has 4 rings (SSSR count). The third-order valence-electron chi connectivity index (χ3n) is 5.49. The minimum atomic E-state index is 0.0138. The predicted molar refractivity (Wildman–Crippen MR) is 121 cm³/mol. The van der Waals surface area contributed by atoms with Gasteiger partial charge in [-0.2, -0.15) is 0 Å². The standard InChI is InChI=1S/C22H29N5O2S/c1-23-22(26-13-11-25(12-14-26)16-18-6-4-15-30-18)24-9-5-10-27-19-7-2-3-8-20(19)29-17-21(27)28/h2-4,6-8,15H,5,9-14,16-17H2,1H3,(H,23,24). The summed E-state index contributed by atoms with van der Waals surface area (Å²) in [6.45, 7) is 6.61. The molecular formula is C22H29N5O2S. The van der Waals surface area contributed by atoms with Gasteiger partial charge >= 0.3 is 0 Å². The highest BCUT2D eigenvalue weighted by atomic mass is 32.1. The maximum absolute atomic E-state index is 12.3. The summed E-state index contributed by atoms with van der Waals surface area (Å²) in [5.74, 6) is 1.74. The summed E-state index contributed by atoms with van der Waals surface area (Å²) in [4.78, 5) is 24.8. The number of nitrogens with zero attached hydrogens (tertiary/aromatic N) is 4. The molecular weight excluding hydrogens is 398 g/mol. The number of hydrogen-bond acceptors (Lipinski definition) is 5.